The standard InChI is InChI=1S/C18H14F5NO3S/c19-15-8-13(9-16(20)11-15)12-28(25,26)24-6-1-2-7-27-17-5-3-4-14(10-17)18(21,22)23/h3-5,8-11,24H,6-7,12H2. The molecule has 0 aromatic heterocycles. The molecule has 0 saturated carbocycles. The van der Waals surface area contributed by atoms with Crippen molar-refractivity contribution < 1.29 is 35.1 Å². The van der Waals surface area contributed by atoms with Gasteiger partial charge in [0, 0.05) is 6.07 Å². The lowest BCUT2D eigenvalue weighted by Gasteiger charge is -2.08. The van der Waals surface area contributed by atoms with Crippen molar-refractivity contribution >= 4 is 10.0 Å². The molecule has 0 radical (unpaired) electrons. The SMILES string of the molecule is O=S(=O)(Cc1cc(F)cc(F)c1)NCC#CCOc1cccc(C(F)(F)F)c1. The summed E-state index contributed by atoms with van der Waals surface area (Å²) >= 11 is 0. The molecule has 0 atom stereocenters. The molecule has 2 aromatic carbocycles. The third-order valence-corrected chi connectivity index (χ3v) is 4.55. The Bertz CT molecular complexity index is 974. The summed E-state index contributed by atoms with van der Waals surface area (Å²) in [5.74, 6) is 2.43. The maximum absolute atomic E-state index is 13.1. The maximum Gasteiger partial charge on any atom is 0.416 e. The molecule has 0 fully saturated rings. The Hall–Kier alpha value is -2.64. The van der Waals surface area contributed by atoms with Crippen molar-refractivity contribution in [3.63, 3.8) is 0 Å². The van der Waals surface area contributed by atoms with Crippen molar-refractivity contribution in [2.75, 3.05) is 13.2 Å². The van der Waals surface area contributed by atoms with Gasteiger partial charge < -0.3 is 4.74 Å². The van der Waals surface area contributed by atoms with E-state index in [2.05, 4.69) is 16.6 Å². The summed E-state index contributed by atoms with van der Waals surface area (Å²) in [6.07, 6.45) is -4.49. The van der Waals surface area contributed by atoms with Gasteiger partial charge in [0.05, 0.1) is 17.9 Å². The maximum atomic E-state index is 13.1. The van der Waals surface area contributed by atoms with E-state index in [-0.39, 0.29) is 24.5 Å². The van der Waals surface area contributed by atoms with Crippen molar-refractivity contribution in [3.8, 4) is 17.6 Å². The zero-order valence-electron chi connectivity index (χ0n) is 14.2. The lowest BCUT2D eigenvalue weighted by atomic mass is 10.2. The highest BCUT2D eigenvalue weighted by Crippen LogP contribution is 2.31. The fourth-order valence-electron chi connectivity index (χ4n) is 2.11. The Labute approximate surface area is 158 Å². The lowest BCUT2D eigenvalue weighted by Crippen LogP contribution is -2.25. The minimum Gasteiger partial charge on any atom is -0.481 e. The van der Waals surface area contributed by atoms with Gasteiger partial charge in [-0.15, -0.1) is 0 Å². The predicted molar refractivity (Wildman–Crippen MR) is 91.7 cm³/mol. The third kappa shape index (κ3) is 7.17. The minimum absolute atomic E-state index is 0.0298. The van der Waals surface area contributed by atoms with E-state index >= 15 is 0 Å². The van der Waals surface area contributed by atoms with Crippen molar-refractivity contribution in [1.82, 2.24) is 4.72 Å². The number of benzene rings is 2. The van der Waals surface area contributed by atoms with Gasteiger partial charge in [0.2, 0.25) is 10.0 Å². The summed E-state index contributed by atoms with van der Waals surface area (Å²) in [5, 5.41) is 0. The van der Waals surface area contributed by atoms with Crippen LogP contribution in [-0.4, -0.2) is 21.6 Å². The molecule has 4 nitrogen and oxygen atoms in total. The van der Waals surface area contributed by atoms with Crippen LogP contribution in [-0.2, 0) is 22.0 Å². The highest BCUT2D eigenvalue weighted by Gasteiger charge is 2.30. The zero-order valence-corrected chi connectivity index (χ0v) is 15.0. The van der Waals surface area contributed by atoms with Crippen LogP contribution in [0, 0.1) is 23.5 Å². The molecule has 0 bridgehead atoms. The van der Waals surface area contributed by atoms with Crippen molar-refractivity contribution in [1.29, 1.82) is 0 Å². The van der Waals surface area contributed by atoms with Crippen LogP contribution in [0.4, 0.5) is 22.0 Å². The van der Waals surface area contributed by atoms with Gasteiger partial charge in [0.15, 0.2) is 0 Å². The number of nitrogens with one attached hydrogen (secondary N) is 1. The molecule has 10 heteroatoms. The van der Waals surface area contributed by atoms with Gasteiger partial charge in [0.1, 0.15) is 24.0 Å². The number of halogens is 5. The molecule has 0 aliphatic heterocycles. The molecule has 0 heterocycles. The second-order valence-corrected chi connectivity index (χ2v) is 7.33. The van der Waals surface area contributed by atoms with E-state index < -0.39 is 39.2 Å². The number of ether oxygens (including phenoxy) is 1. The molecule has 0 aliphatic rings. The first-order valence-corrected chi connectivity index (χ1v) is 9.38. The van der Waals surface area contributed by atoms with E-state index in [0.717, 1.165) is 24.3 Å². The van der Waals surface area contributed by atoms with E-state index in [1.54, 1.807) is 0 Å². The predicted octanol–water partition coefficient (Wildman–Crippen LogP) is 3.49. The Morgan fingerprint density at radius 1 is 1.00 bits per heavy atom. The molecule has 2 aromatic rings. The Morgan fingerprint density at radius 2 is 1.68 bits per heavy atom. The summed E-state index contributed by atoms with van der Waals surface area (Å²) in [6, 6.07) is 6.67. The first-order chi connectivity index (χ1) is 13.0. The monoisotopic (exact) mass is 419 g/mol. The second-order valence-electron chi connectivity index (χ2n) is 5.53. The molecular formula is C18H14F5NO3S. The molecular weight excluding hydrogens is 405 g/mol. The zero-order chi connectivity index (χ0) is 20.8. The van der Waals surface area contributed by atoms with E-state index in [1.807, 2.05) is 0 Å². The molecule has 0 amide bonds. The number of sulfonamides is 1. The number of hydrogen-bond acceptors (Lipinski definition) is 3. The molecule has 28 heavy (non-hydrogen) atoms. The molecule has 0 saturated heterocycles. The third-order valence-electron chi connectivity index (χ3n) is 3.26. The van der Waals surface area contributed by atoms with Crippen molar-refractivity contribution in [2.24, 2.45) is 0 Å². The Morgan fingerprint density at radius 3 is 2.32 bits per heavy atom. The fraction of sp³-hybridized carbons (Fsp3) is 0.222. The van der Waals surface area contributed by atoms with Gasteiger partial charge in [-0.3, -0.25) is 0 Å². The quantitative estimate of drug-likeness (QED) is 0.576. The largest absolute Gasteiger partial charge is 0.481 e. The summed E-state index contributed by atoms with van der Waals surface area (Å²) in [4.78, 5) is 0. The fourth-order valence-corrected chi connectivity index (χ4v) is 3.11. The van der Waals surface area contributed by atoms with Gasteiger partial charge in [-0.05, 0) is 35.9 Å². The van der Waals surface area contributed by atoms with Crippen LogP contribution in [0.5, 0.6) is 5.75 Å². The van der Waals surface area contributed by atoms with Crippen molar-refractivity contribution in [3.05, 3.63) is 65.2 Å². The van der Waals surface area contributed by atoms with E-state index in [0.29, 0.717) is 6.07 Å². The smallest absolute Gasteiger partial charge is 0.416 e. The van der Waals surface area contributed by atoms with E-state index in [9.17, 15) is 30.4 Å². The highest BCUT2D eigenvalue weighted by molar-refractivity contribution is 7.88. The van der Waals surface area contributed by atoms with Crippen LogP contribution in [0.15, 0.2) is 42.5 Å². The molecule has 0 spiro atoms. The van der Waals surface area contributed by atoms with Gasteiger partial charge in [0.25, 0.3) is 0 Å². The molecule has 2 rings (SSSR count). The first-order valence-electron chi connectivity index (χ1n) is 7.73. The highest BCUT2D eigenvalue weighted by atomic mass is 32.2. The summed E-state index contributed by atoms with van der Waals surface area (Å²) in [7, 11) is -3.88. The van der Waals surface area contributed by atoms with E-state index in [4.69, 9.17) is 4.74 Å². The van der Waals surface area contributed by atoms with Crippen LogP contribution >= 0.6 is 0 Å². The van der Waals surface area contributed by atoms with Crippen LogP contribution in [0.2, 0.25) is 0 Å². The molecule has 1 N–H and O–H groups in total. The molecule has 150 valence electrons. The summed E-state index contributed by atoms with van der Waals surface area (Å²) < 4.78 is 94.8. The minimum atomic E-state index is -4.49. The number of alkyl halides is 3. The molecule has 0 unspecified atom stereocenters. The summed E-state index contributed by atoms with van der Waals surface area (Å²) in [5.41, 5.74) is -0.926. The summed E-state index contributed by atoms with van der Waals surface area (Å²) in [6.45, 7) is -0.551. The van der Waals surface area contributed by atoms with Gasteiger partial charge in [-0.2, -0.15) is 13.2 Å². The van der Waals surface area contributed by atoms with Crippen LogP contribution in [0.25, 0.3) is 0 Å². The average molecular weight is 419 g/mol. The second kappa shape index (κ2) is 9.03. The van der Waals surface area contributed by atoms with Crippen LogP contribution in [0.3, 0.4) is 0 Å². The number of rotatable bonds is 6. The normalized spacial score (nSPS) is 11.6. The lowest BCUT2D eigenvalue weighted by molar-refractivity contribution is -0.137. The topological polar surface area (TPSA) is 55.4 Å². The Kier molecular flexibility index (Phi) is 6.99. The molecule has 0 aliphatic carbocycles. The number of hydrogen-bond donors (Lipinski definition) is 1. The van der Waals surface area contributed by atoms with Gasteiger partial charge in [-0.1, -0.05) is 17.9 Å². The van der Waals surface area contributed by atoms with Crippen LogP contribution in [0.1, 0.15) is 11.1 Å². The average Bonchev–Trinajstić information content (AvgIpc) is 2.56. The van der Waals surface area contributed by atoms with Gasteiger partial charge >= 0.3 is 6.18 Å². The van der Waals surface area contributed by atoms with Gasteiger partial charge in [-0.25, -0.2) is 21.9 Å². The van der Waals surface area contributed by atoms with E-state index in [1.165, 1.54) is 12.1 Å². The van der Waals surface area contributed by atoms with Crippen LogP contribution < -0.4 is 9.46 Å². The Balaban J connectivity index is 1.83. The van der Waals surface area contributed by atoms with Crippen molar-refractivity contribution in [2.45, 2.75) is 11.9 Å². The first kappa shape index (κ1) is 21.7.